The Kier molecular flexibility index (Phi) is 3.89. The molecular weight excluding hydrogens is 293 g/mol. The van der Waals surface area contributed by atoms with E-state index >= 15 is 0 Å². The van der Waals surface area contributed by atoms with E-state index in [1.807, 2.05) is 6.07 Å². The number of halogens is 4. The van der Waals surface area contributed by atoms with Crippen molar-refractivity contribution < 1.29 is 8.78 Å². The lowest BCUT2D eigenvalue weighted by molar-refractivity contribution is 0.586. The van der Waals surface area contributed by atoms with Gasteiger partial charge in [-0.05, 0) is 24.3 Å². The zero-order valence-electron chi connectivity index (χ0n) is 9.35. The standard InChI is InChI=1S/C13H6Cl2F2N2/c14-10-5-9(2-1-7(10)6-18)19-13-11(15)3-8(16)4-12(13)17/h1-5,19H. The molecule has 0 aliphatic heterocycles. The number of benzene rings is 2. The number of anilines is 2. The highest BCUT2D eigenvalue weighted by atomic mass is 35.5. The maximum atomic E-state index is 13.6. The molecule has 19 heavy (non-hydrogen) atoms. The van der Waals surface area contributed by atoms with Crippen molar-refractivity contribution in [2.75, 3.05) is 5.32 Å². The summed E-state index contributed by atoms with van der Waals surface area (Å²) in [6.07, 6.45) is 0. The molecule has 0 saturated carbocycles. The second-order valence-corrected chi connectivity index (χ2v) is 4.49. The molecule has 0 aromatic heterocycles. The van der Waals surface area contributed by atoms with Crippen molar-refractivity contribution in [3.05, 3.63) is 57.6 Å². The van der Waals surface area contributed by atoms with E-state index in [1.54, 1.807) is 6.07 Å². The van der Waals surface area contributed by atoms with E-state index in [9.17, 15) is 8.78 Å². The van der Waals surface area contributed by atoms with Crippen LogP contribution in [0.4, 0.5) is 20.2 Å². The van der Waals surface area contributed by atoms with Gasteiger partial charge in [-0.1, -0.05) is 23.2 Å². The van der Waals surface area contributed by atoms with Crippen LogP contribution in [0.3, 0.4) is 0 Å². The zero-order chi connectivity index (χ0) is 14.0. The quantitative estimate of drug-likeness (QED) is 0.857. The highest BCUT2D eigenvalue weighted by Gasteiger charge is 2.11. The summed E-state index contributed by atoms with van der Waals surface area (Å²) in [6.45, 7) is 0. The number of nitrogens with one attached hydrogen (secondary N) is 1. The predicted octanol–water partition coefficient (Wildman–Crippen LogP) is 4.89. The first-order chi connectivity index (χ1) is 9.01. The van der Waals surface area contributed by atoms with E-state index in [0.29, 0.717) is 11.3 Å². The fraction of sp³-hybridized carbons (Fsp3) is 0. The fourth-order valence-corrected chi connectivity index (χ4v) is 1.95. The molecule has 0 spiro atoms. The molecule has 0 atom stereocenters. The molecule has 0 heterocycles. The molecule has 2 aromatic carbocycles. The molecule has 0 fully saturated rings. The normalized spacial score (nSPS) is 10.1. The molecule has 0 aliphatic carbocycles. The van der Waals surface area contributed by atoms with Crippen LogP contribution in [0.1, 0.15) is 5.56 Å². The second-order valence-electron chi connectivity index (χ2n) is 3.68. The Morgan fingerprint density at radius 1 is 1.05 bits per heavy atom. The third-order valence-corrected chi connectivity index (χ3v) is 2.98. The van der Waals surface area contributed by atoms with Crippen molar-refractivity contribution in [1.29, 1.82) is 5.26 Å². The van der Waals surface area contributed by atoms with Crippen LogP contribution >= 0.6 is 23.2 Å². The van der Waals surface area contributed by atoms with Crippen LogP contribution in [-0.4, -0.2) is 0 Å². The molecule has 0 bridgehead atoms. The third kappa shape index (κ3) is 2.95. The van der Waals surface area contributed by atoms with E-state index in [0.717, 1.165) is 12.1 Å². The van der Waals surface area contributed by atoms with Gasteiger partial charge in [-0.15, -0.1) is 0 Å². The maximum Gasteiger partial charge on any atom is 0.151 e. The summed E-state index contributed by atoms with van der Waals surface area (Å²) in [7, 11) is 0. The van der Waals surface area contributed by atoms with E-state index in [4.69, 9.17) is 28.5 Å². The number of hydrogen-bond acceptors (Lipinski definition) is 2. The highest BCUT2D eigenvalue weighted by Crippen LogP contribution is 2.30. The Balaban J connectivity index is 2.37. The topological polar surface area (TPSA) is 35.8 Å². The van der Waals surface area contributed by atoms with Crippen molar-refractivity contribution in [1.82, 2.24) is 0 Å². The van der Waals surface area contributed by atoms with Crippen molar-refractivity contribution in [2.24, 2.45) is 0 Å². The number of nitriles is 1. The van der Waals surface area contributed by atoms with Crippen LogP contribution < -0.4 is 5.32 Å². The molecule has 96 valence electrons. The van der Waals surface area contributed by atoms with Crippen molar-refractivity contribution in [3.63, 3.8) is 0 Å². The molecule has 0 aliphatic rings. The van der Waals surface area contributed by atoms with E-state index in [-0.39, 0.29) is 15.7 Å². The lowest BCUT2D eigenvalue weighted by Gasteiger charge is -2.10. The van der Waals surface area contributed by atoms with Crippen LogP contribution in [0, 0.1) is 23.0 Å². The molecule has 2 aromatic rings. The largest absolute Gasteiger partial charge is 0.352 e. The Hall–Kier alpha value is -1.83. The minimum Gasteiger partial charge on any atom is -0.352 e. The van der Waals surface area contributed by atoms with Crippen LogP contribution in [0.15, 0.2) is 30.3 Å². The highest BCUT2D eigenvalue weighted by molar-refractivity contribution is 6.33. The Bertz CT molecular complexity index is 658. The SMILES string of the molecule is N#Cc1ccc(Nc2c(F)cc(F)cc2Cl)cc1Cl. The van der Waals surface area contributed by atoms with E-state index in [2.05, 4.69) is 5.32 Å². The van der Waals surface area contributed by atoms with Gasteiger partial charge >= 0.3 is 0 Å². The molecule has 2 rings (SSSR count). The minimum atomic E-state index is -0.814. The first-order valence-electron chi connectivity index (χ1n) is 5.12. The summed E-state index contributed by atoms with van der Waals surface area (Å²) in [5.74, 6) is -1.57. The van der Waals surface area contributed by atoms with Gasteiger partial charge in [0.15, 0.2) is 5.82 Å². The smallest absolute Gasteiger partial charge is 0.151 e. The molecule has 0 amide bonds. The van der Waals surface area contributed by atoms with Gasteiger partial charge in [0, 0.05) is 11.8 Å². The lowest BCUT2D eigenvalue weighted by atomic mass is 10.2. The molecule has 0 unspecified atom stereocenters. The second kappa shape index (κ2) is 5.43. The van der Waals surface area contributed by atoms with E-state index < -0.39 is 11.6 Å². The van der Waals surface area contributed by atoms with Gasteiger partial charge in [-0.25, -0.2) is 8.78 Å². The fourth-order valence-electron chi connectivity index (χ4n) is 1.49. The number of rotatable bonds is 2. The Labute approximate surface area is 118 Å². The summed E-state index contributed by atoms with van der Waals surface area (Å²) in [6, 6.07) is 8.12. The van der Waals surface area contributed by atoms with Gasteiger partial charge in [0.25, 0.3) is 0 Å². The van der Waals surface area contributed by atoms with Crippen LogP contribution in [0.2, 0.25) is 10.0 Å². The maximum absolute atomic E-state index is 13.6. The van der Waals surface area contributed by atoms with Crippen molar-refractivity contribution >= 4 is 34.6 Å². The summed E-state index contributed by atoms with van der Waals surface area (Å²) in [5, 5.41) is 11.6. The Morgan fingerprint density at radius 2 is 1.79 bits per heavy atom. The Morgan fingerprint density at radius 3 is 2.37 bits per heavy atom. The first kappa shape index (κ1) is 13.6. The van der Waals surface area contributed by atoms with Gasteiger partial charge < -0.3 is 5.32 Å². The average Bonchev–Trinajstić information content (AvgIpc) is 2.34. The van der Waals surface area contributed by atoms with Crippen molar-refractivity contribution in [3.8, 4) is 6.07 Å². The van der Waals surface area contributed by atoms with Gasteiger partial charge in [-0.2, -0.15) is 5.26 Å². The van der Waals surface area contributed by atoms with Crippen molar-refractivity contribution in [2.45, 2.75) is 0 Å². The summed E-state index contributed by atoms with van der Waals surface area (Å²) in [5.41, 5.74) is 0.693. The summed E-state index contributed by atoms with van der Waals surface area (Å²) in [4.78, 5) is 0. The van der Waals surface area contributed by atoms with Gasteiger partial charge in [0.1, 0.15) is 11.9 Å². The zero-order valence-corrected chi connectivity index (χ0v) is 10.9. The molecule has 0 saturated heterocycles. The van der Waals surface area contributed by atoms with Gasteiger partial charge in [0.2, 0.25) is 0 Å². The molecular formula is C13H6Cl2F2N2. The first-order valence-corrected chi connectivity index (χ1v) is 5.88. The summed E-state index contributed by atoms with van der Waals surface area (Å²) >= 11 is 11.6. The van der Waals surface area contributed by atoms with Gasteiger partial charge in [0.05, 0.1) is 21.3 Å². The molecule has 2 nitrogen and oxygen atoms in total. The average molecular weight is 299 g/mol. The van der Waals surface area contributed by atoms with Gasteiger partial charge in [-0.3, -0.25) is 0 Å². The number of nitrogens with zero attached hydrogens (tertiary/aromatic N) is 1. The summed E-state index contributed by atoms with van der Waals surface area (Å²) < 4.78 is 26.5. The minimum absolute atomic E-state index is 0.0520. The lowest BCUT2D eigenvalue weighted by Crippen LogP contribution is -1.96. The third-order valence-electron chi connectivity index (χ3n) is 2.37. The molecule has 0 radical (unpaired) electrons. The molecule has 6 heteroatoms. The number of hydrogen-bond donors (Lipinski definition) is 1. The van der Waals surface area contributed by atoms with Crippen LogP contribution in [-0.2, 0) is 0 Å². The predicted molar refractivity (Wildman–Crippen MR) is 70.8 cm³/mol. The van der Waals surface area contributed by atoms with Crippen LogP contribution in [0.25, 0.3) is 0 Å². The molecule has 1 N–H and O–H groups in total. The van der Waals surface area contributed by atoms with Crippen LogP contribution in [0.5, 0.6) is 0 Å². The monoisotopic (exact) mass is 298 g/mol. The van der Waals surface area contributed by atoms with E-state index in [1.165, 1.54) is 12.1 Å².